The second-order valence-corrected chi connectivity index (χ2v) is 4.96. The van der Waals surface area contributed by atoms with Crippen molar-refractivity contribution in [3.05, 3.63) is 24.7 Å². The summed E-state index contributed by atoms with van der Waals surface area (Å²) in [4.78, 5) is 4.35. The van der Waals surface area contributed by atoms with Crippen LogP contribution in [0.15, 0.2) is 24.7 Å². The molecule has 0 saturated carbocycles. The zero-order valence-corrected chi connectivity index (χ0v) is 10.4. The Morgan fingerprint density at radius 2 is 2.38 bits per heavy atom. The predicted octanol–water partition coefficient (Wildman–Crippen LogP) is 2.28. The minimum atomic E-state index is 0.415. The highest BCUT2D eigenvalue weighted by atomic mass is 32.2. The number of fused-ring (bicyclic) bond motifs is 1. The third kappa shape index (κ3) is 2.47. The maximum Gasteiger partial charge on any atom is 0.152 e. The minimum absolute atomic E-state index is 0.415. The molecule has 2 heterocycles. The Morgan fingerprint density at radius 3 is 3.19 bits per heavy atom. The molecule has 0 radical (unpaired) electrons. The van der Waals surface area contributed by atoms with E-state index in [2.05, 4.69) is 29.2 Å². The molecule has 0 aromatic carbocycles. The largest absolute Gasteiger partial charge is 0.365 e. The number of thioether (sulfide) groups is 1. The fourth-order valence-corrected chi connectivity index (χ4v) is 2.21. The summed E-state index contributed by atoms with van der Waals surface area (Å²) >= 11 is 1.93. The first kappa shape index (κ1) is 11.3. The topological polar surface area (TPSA) is 42.2 Å². The smallest absolute Gasteiger partial charge is 0.152 e. The molecule has 0 aliphatic rings. The van der Waals surface area contributed by atoms with Crippen LogP contribution in [0.5, 0.6) is 0 Å². The summed E-state index contributed by atoms with van der Waals surface area (Å²) in [6.45, 7) is 4.34. The van der Waals surface area contributed by atoms with Gasteiger partial charge >= 0.3 is 0 Å². The van der Waals surface area contributed by atoms with Gasteiger partial charge in [0.25, 0.3) is 0 Å². The van der Waals surface area contributed by atoms with E-state index < -0.39 is 0 Å². The SMILES string of the molecule is CCSCC(C)Nc1nccn2nccc12. The van der Waals surface area contributed by atoms with Gasteiger partial charge in [0.2, 0.25) is 0 Å². The maximum atomic E-state index is 4.35. The van der Waals surface area contributed by atoms with Gasteiger partial charge in [0, 0.05) is 24.2 Å². The molecule has 0 saturated heterocycles. The van der Waals surface area contributed by atoms with Crippen LogP contribution in [0.2, 0.25) is 0 Å². The van der Waals surface area contributed by atoms with Crippen molar-refractivity contribution < 1.29 is 0 Å². The second kappa shape index (κ2) is 5.21. The van der Waals surface area contributed by atoms with E-state index >= 15 is 0 Å². The minimum Gasteiger partial charge on any atom is -0.365 e. The van der Waals surface area contributed by atoms with E-state index in [1.165, 1.54) is 0 Å². The van der Waals surface area contributed by atoms with Crippen molar-refractivity contribution in [1.29, 1.82) is 0 Å². The molecular formula is C11H16N4S. The summed E-state index contributed by atoms with van der Waals surface area (Å²) in [7, 11) is 0. The Labute approximate surface area is 99.5 Å². The Morgan fingerprint density at radius 1 is 1.50 bits per heavy atom. The van der Waals surface area contributed by atoms with E-state index in [9.17, 15) is 0 Å². The van der Waals surface area contributed by atoms with Crippen LogP contribution in [0, 0.1) is 0 Å². The van der Waals surface area contributed by atoms with Gasteiger partial charge in [0.15, 0.2) is 5.82 Å². The first-order valence-corrected chi connectivity index (χ1v) is 6.59. The second-order valence-electron chi connectivity index (χ2n) is 3.64. The lowest BCUT2D eigenvalue weighted by molar-refractivity contribution is 0.889. The molecule has 2 rings (SSSR count). The first-order chi connectivity index (χ1) is 7.81. The number of nitrogens with zero attached hydrogens (tertiary/aromatic N) is 3. The van der Waals surface area contributed by atoms with E-state index in [-0.39, 0.29) is 0 Å². The lowest BCUT2D eigenvalue weighted by Gasteiger charge is -2.14. The van der Waals surface area contributed by atoms with Crippen LogP contribution >= 0.6 is 11.8 Å². The van der Waals surface area contributed by atoms with Crippen molar-refractivity contribution in [3.8, 4) is 0 Å². The van der Waals surface area contributed by atoms with E-state index in [4.69, 9.17) is 0 Å². The normalized spacial score (nSPS) is 12.9. The molecule has 1 atom stereocenters. The molecule has 4 nitrogen and oxygen atoms in total. The third-order valence-corrected chi connectivity index (χ3v) is 3.42. The van der Waals surface area contributed by atoms with Gasteiger partial charge in [-0.05, 0) is 18.7 Å². The van der Waals surface area contributed by atoms with E-state index in [1.54, 1.807) is 12.4 Å². The quantitative estimate of drug-likeness (QED) is 0.865. The van der Waals surface area contributed by atoms with Gasteiger partial charge in [0.1, 0.15) is 5.52 Å². The van der Waals surface area contributed by atoms with Crippen LogP contribution in [0.1, 0.15) is 13.8 Å². The highest BCUT2D eigenvalue weighted by molar-refractivity contribution is 7.99. The molecule has 0 spiro atoms. The predicted molar refractivity (Wildman–Crippen MR) is 69.1 cm³/mol. The zero-order valence-electron chi connectivity index (χ0n) is 9.55. The van der Waals surface area contributed by atoms with E-state index in [0.717, 1.165) is 22.8 Å². The summed E-state index contributed by atoms with van der Waals surface area (Å²) in [6.07, 6.45) is 5.40. The fraction of sp³-hybridized carbons (Fsp3) is 0.455. The molecule has 16 heavy (non-hydrogen) atoms. The lowest BCUT2D eigenvalue weighted by Crippen LogP contribution is -2.19. The number of hydrogen-bond donors (Lipinski definition) is 1. The van der Waals surface area contributed by atoms with Gasteiger partial charge in [-0.1, -0.05) is 6.92 Å². The van der Waals surface area contributed by atoms with Gasteiger partial charge in [-0.25, -0.2) is 9.50 Å². The van der Waals surface area contributed by atoms with Crippen molar-refractivity contribution in [2.75, 3.05) is 16.8 Å². The molecule has 0 aliphatic carbocycles. The van der Waals surface area contributed by atoms with Crippen LogP contribution in [0.4, 0.5) is 5.82 Å². The Bertz CT molecular complexity index is 454. The number of aromatic nitrogens is 3. The van der Waals surface area contributed by atoms with Crippen LogP contribution in [-0.2, 0) is 0 Å². The number of anilines is 1. The van der Waals surface area contributed by atoms with Gasteiger partial charge in [-0.15, -0.1) is 0 Å². The van der Waals surface area contributed by atoms with Crippen LogP contribution in [-0.4, -0.2) is 32.1 Å². The standard InChI is InChI=1S/C11H16N4S/c1-3-16-8-9(2)14-11-10-4-5-13-15(10)7-6-12-11/h4-7,9H,3,8H2,1-2H3,(H,12,14). The van der Waals surface area contributed by atoms with Gasteiger partial charge in [-0.2, -0.15) is 16.9 Å². The summed E-state index contributed by atoms with van der Waals surface area (Å²) in [5.41, 5.74) is 1.02. The Balaban J connectivity index is 2.11. The van der Waals surface area contributed by atoms with Crippen molar-refractivity contribution in [2.24, 2.45) is 0 Å². The molecule has 2 aromatic rings. The molecule has 0 aliphatic heterocycles. The molecule has 0 fully saturated rings. The lowest BCUT2D eigenvalue weighted by atomic mass is 10.3. The van der Waals surface area contributed by atoms with Crippen molar-refractivity contribution in [2.45, 2.75) is 19.9 Å². The molecular weight excluding hydrogens is 220 g/mol. The molecule has 86 valence electrons. The summed E-state index contributed by atoms with van der Waals surface area (Å²) in [6, 6.07) is 2.38. The van der Waals surface area contributed by atoms with Crippen molar-refractivity contribution >= 4 is 23.1 Å². The van der Waals surface area contributed by atoms with Crippen molar-refractivity contribution in [1.82, 2.24) is 14.6 Å². The number of rotatable bonds is 5. The molecule has 0 amide bonds. The molecule has 0 bridgehead atoms. The highest BCUT2D eigenvalue weighted by Gasteiger charge is 2.06. The molecule has 1 unspecified atom stereocenters. The van der Waals surface area contributed by atoms with Crippen molar-refractivity contribution in [3.63, 3.8) is 0 Å². The van der Waals surface area contributed by atoms with Gasteiger partial charge < -0.3 is 5.32 Å². The van der Waals surface area contributed by atoms with Crippen LogP contribution < -0.4 is 5.32 Å². The van der Waals surface area contributed by atoms with E-state index in [1.807, 2.05) is 28.5 Å². The Kier molecular flexibility index (Phi) is 3.66. The van der Waals surface area contributed by atoms with Gasteiger partial charge in [-0.3, -0.25) is 0 Å². The zero-order chi connectivity index (χ0) is 11.4. The maximum absolute atomic E-state index is 4.35. The molecule has 1 N–H and O–H groups in total. The fourth-order valence-electron chi connectivity index (χ4n) is 1.54. The first-order valence-electron chi connectivity index (χ1n) is 5.44. The van der Waals surface area contributed by atoms with Crippen LogP contribution in [0.3, 0.4) is 0 Å². The molecule has 5 heteroatoms. The number of nitrogens with one attached hydrogen (secondary N) is 1. The van der Waals surface area contributed by atoms with Gasteiger partial charge in [0.05, 0.1) is 6.20 Å². The monoisotopic (exact) mass is 236 g/mol. The van der Waals surface area contributed by atoms with E-state index in [0.29, 0.717) is 6.04 Å². The summed E-state index contributed by atoms with van der Waals surface area (Å²) in [5.74, 6) is 3.15. The highest BCUT2D eigenvalue weighted by Crippen LogP contribution is 2.14. The summed E-state index contributed by atoms with van der Waals surface area (Å²) < 4.78 is 1.83. The Hall–Kier alpha value is -1.23. The van der Waals surface area contributed by atoms with Crippen LogP contribution in [0.25, 0.3) is 5.52 Å². The third-order valence-electron chi connectivity index (χ3n) is 2.28. The average Bonchev–Trinajstić information content (AvgIpc) is 2.75. The number of hydrogen-bond acceptors (Lipinski definition) is 4. The average molecular weight is 236 g/mol. The molecule has 2 aromatic heterocycles. The summed E-state index contributed by atoms with van der Waals surface area (Å²) in [5, 5.41) is 7.59.